The molecule has 0 N–H and O–H groups in total. The van der Waals surface area contributed by atoms with E-state index in [0.717, 1.165) is 35.5 Å². The quantitative estimate of drug-likeness (QED) is 0.526. The van der Waals surface area contributed by atoms with Crippen molar-refractivity contribution in [2.45, 2.75) is 92.9 Å². The van der Waals surface area contributed by atoms with Crippen LogP contribution in [0.15, 0.2) is 0 Å². The van der Waals surface area contributed by atoms with Crippen molar-refractivity contribution in [3.63, 3.8) is 0 Å². The van der Waals surface area contributed by atoms with Gasteiger partial charge < -0.3 is 0 Å². The molecule has 2 fully saturated rings. The maximum atomic E-state index is 2.53. The molecule has 0 radical (unpaired) electrons. The molecule has 0 saturated heterocycles. The van der Waals surface area contributed by atoms with Crippen LogP contribution in [0.25, 0.3) is 0 Å². The maximum Gasteiger partial charge on any atom is -0.0243 e. The number of rotatable bonds is 4. The molecule has 0 heteroatoms. The average molecular weight is 293 g/mol. The van der Waals surface area contributed by atoms with Gasteiger partial charge in [0.25, 0.3) is 0 Å². The molecule has 0 aromatic carbocycles. The van der Waals surface area contributed by atoms with E-state index in [0.29, 0.717) is 5.41 Å². The van der Waals surface area contributed by atoms with Gasteiger partial charge in [-0.1, -0.05) is 67.2 Å². The molecule has 21 heavy (non-hydrogen) atoms. The SMILES string of the molecule is CC(C)C1CCCC(C2(C(C)C)CCCCC2)C1C(C)C. The first-order chi connectivity index (χ1) is 9.90. The second-order valence-corrected chi connectivity index (χ2v) is 9.22. The van der Waals surface area contributed by atoms with Gasteiger partial charge in [-0.2, -0.15) is 0 Å². The van der Waals surface area contributed by atoms with Gasteiger partial charge in [0.15, 0.2) is 0 Å². The fourth-order valence-corrected chi connectivity index (χ4v) is 6.25. The van der Waals surface area contributed by atoms with E-state index >= 15 is 0 Å². The lowest BCUT2D eigenvalue weighted by Gasteiger charge is -2.55. The lowest BCUT2D eigenvalue weighted by atomic mass is 9.50. The molecule has 3 atom stereocenters. The van der Waals surface area contributed by atoms with E-state index in [1.54, 1.807) is 0 Å². The molecule has 0 spiro atoms. The Labute approximate surface area is 134 Å². The lowest BCUT2D eigenvalue weighted by Crippen LogP contribution is -2.47. The van der Waals surface area contributed by atoms with Crippen molar-refractivity contribution in [2.24, 2.45) is 40.9 Å². The number of hydrogen-bond donors (Lipinski definition) is 0. The molecule has 0 amide bonds. The Kier molecular flexibility index (Phi) is 5.83. The Hall–Kier alpha value is 0. The third kappa shape index (κ3) is 3.35. The summed E-state index contributed by atoms with van der Waals surface area (Å²) < 4.78 is 0. The molecule has 2 aliphatic carbocycles. The van der Waals surface area contributed by atoms with E-state index in [1.165, 1.54) is 51.4 Å². The van der Waals surface area contributed by atoms with Gasteiger partial charge in [-0.25, -0.2) is 0 Å². The molecule has 2 saturated carbocycles. The van der Waals surface area contributed by atoms with Gasteiger partial charge in [-0.15, -0.1) is 0 Å². The van der Waals surface area contributed by atoms with Crippen LogP contribution in [0.5, 0.6) is 0 Å². The van der Waals surface area contributed by atoms with Crippen LogP contribution in [0.3, 0.4) is 0 Å². The standard InChI is InChI=1S/C21H40/c1-15(2)18-11-10-12-19(20(18)16(3)4)21(17(5)6)13-8-7-9-14-21/h15-20H,7-14H2,1-6H3. The highest BCUT2D eigenvalue weighted by molar-refractivity contribution is 4.98. The summed E-state index contributed by atoms with van der Waals surface area (Å²) in [5, 5.41) is 0. The van der Waals surface area contributed by atoms with E-state index < -0.39 is 0 Å². The first-order valence-corrected chi connectivity index (χ1v) is 9.90. The molecule has 0 aromatic rings. The van der Waals surface area contributed by atoms with Crippen molar-refractivity contribution in [1.82, 2.24) is 0 Å². The minimum absolute atomic E-state index is 0.667. The van der Waals surface area contributed by atoms with Crippen molar-refractivity contribution in [2.75, 3.05) is 0 Å². The summed E-state index contributed by atoms with van der Waals surface area (Å²) in [5.41, 5.74) is 0.667. The van der Waals surface area contributed by atoms with Gasteiger partial charge in [0.2, 0.25) is 0 Å². The molecular formula is C21H40. The van der Waals surface area contributed by atoms with Gasteiger partial charge in [-0.05, 0) is 66.6 Å². The Morgan fingerprint density at radius 3 is 1.81 bits per heavy atom. The molecule has 2 rings (SSSR count). The van der Waals surface area contributed by atoms with Gasteiger partial charge >= 0.3 is 0 Å². The highest BCUT2D eigenvalue weighted by Gasteiger charge is 2.49. The van der Waals surface area contributed by atoms with Gasteiger partial charge in [-0.3, -0.25) is 0 Å². The minimum atomic E-state index is 0.667. The van der Waals surface area contributed by atoms with Crippen molar-refractivity contribution >= 4 is 0 Å². The summed E-state index contributed by atoms with van der Waals surface area (Å²) in [7, 11) is 0. The third-order valence-electron chi connectivity index (χ3n) is 7.31. The van der Waals surface area contributed by atoms with Gasteiger partial charge in [0.05, 0.1) is 0 Å². The van der Waals surface area contributed by atoms with E-state index in [4.69, 9.17) is 0 Å². The van der Waals surface area contributed by atoms with Crippen LogP contribution in [0, 0.1) is 40.9 Å². The van der Waals surface area contributed by atoms with Gasteiger partial charge in [0, 0.05) is 0 Å². The Morgan fingerprint density at radius 2 is 1.33 bits per heavy atom. The zero-order valence-corrected chi connectivity index (χ0v) is 15.6. The van der Waals surface area contributed by atoms with Crippen LogP contribution < -0.4 is 0 Å². The summed E-state index contributed by atoms with van der Waals surface area (Å²) in [6.45, 7) is 15.0. The Morgan fingerprint density at radius 1 is 0.714 bits per heavy atom. The van der Waals surface area contributed by atoms with Crippen LogP contribution in [-0.4, -0.2) is 0 Å². The minimum Gasteiger partial charge on any atom is -0.0625 e. The fraction of sp³-hybridized carbons (Fsp3) is 1.00. The molecule has 0 aromatic heterocycles. The second kappa shape index (κ2) is 7.05. The summed E-state index contributed by atoms with van der Waals surface area (Å²) in [4.78, 5) is 0. The van der Waals surface area contributed by atoms with Crippen molar-refractivity contribution in [3.05, 3.63) is 0 Å². The summed E-state index contributed by atoms with van der Waals surface area (Å²) in [6.07, 6.45) is 12.0. The predicted octanol–water partition coefficient (Wildman–Crippen LogP) is 6.94. The van der Waals surface area contributed by atoms with E-state index in [1.807, 2.05) is 0 Å². The maximum absolute atomic E-state index is 2.53. The number of hydrogen-bond acceptors (Lipinski definition) is 0. The molecule has 0 aliphatic heterocycles. The van der Waals surface area contributed by atoms with Crippen molar-refractivity contribution in [1.29, 1.82) is 0 Å². The normalized spacial score (nSPS) is 33.9. The largest absolute Gasteiger partial charge is 0.0625 e. The third-order valence-corrected chi connectivity index (χ3v) is 7.31. The first-order valence-electron chi connectivity index (χ1n) is 9.90. The fourth-order valence-electron chi connectivity index (χ4n) is 6.25. The zero-order chi connectivity index (χ0) is 15.6. The van der Waals surface area contributed by atoms with Crippen LogP contribution in [0.2, 0.25) is 0 Å². The monoisotopic (exact) mass is 292 g/mol. The van der Waals surface area contributed by atoms with Crippen molar-refractivity contribution < 1.29 is 0 Å². The molecule has 3 unspecified atom stereocenters. The predicted molar refractivity (Wildman–Crippen MR) is 94.4 cm³/mol. The second-order valence-electron chi connectivity index (χ2n) is 9.22. The average Bonchev–Trinajstić information content (AvgIpc) is 2.46. The molecule has 2 aliphatic rings. The van der Waals surface area contributed by atoms with E-state index in [-0.39, 0.29) is 0 Å². The molecular weight excluding hydrogens is 252 g/mol. The van der Waals surface area contributed by atoms with Crippen LogP contribution in [-0.2, 0) is 0 Å². The van der Waals surface area contributed by atoms with E-state index in [9.17, 15) is 0 Å². The Balaban J connectivity index is 2.32. The molecule has 0 heterocycles. The van der Waals surface area contributed by atoms with Crippen LogP contribution in [0.1, 0.15) is 92.9 Å². The summed E-state index contributed by atoms with van der Waals surface area (Å²) >= 11 is 0. The Bertz CT molecular complexity index is 306. The summed E-state index contributed by atoms with van der Waals surface area (Å²) in [5.74, 6) is 5.54. The van der Waals surface area contributed by atoms with Gasteiger partial charge in [0.1, 0.15) is 0 Å². The molecule has 0 bridgehead atoms. The summed E-state index contributed by atoms with van der Waals surface area (Å²) in [6, 6.07) is 0. The zero-order valence-electron chi connectivity index (χ0n) is 15.6. The molecule has 124 valence electrons. The smallest absolute Gasteiger partial charge is 0.0243 e. The van der Waals surface area contributed by atoms with E-state index in [2.05, 4.69) is 41.5 Å². The highest BCUT2D eigenvalue weighted by atomic mass is 14.5. The van der Waals surface area contributed by atoms with Crippen LogP contribution in [0.4, 0.5) is 0 Å². The lowest BCUT2D eigenvalue weighted by molar-refractivity contribution is -0.0607. The highest BCUT2D eigenvalue weighted by Crippen LogP contribution is 2.58. The topological polar surface area (TPSA) is 0 Å². The first kappa shape index (κ1) is 17.4. The van der Waals surface area contributed by atoms with Crippen molar-refractivity contribution in [3.8, 4) is 0 Å². The van der Waals surface area contributed by atoms with Crippen LogP contribution >= 0.6 is 0 Å². The molecule has 0 nitrogen and oxygen atoms in total.